The summed E-state index contributed by atoms with van der Waals surface area (Å²) in [5.41, 5.74) is 0. The molecule has 1 rings (SSSR count). The van der Waals surface area contributed by atoms with Gasteiger partial charge in [-0.05, 0) is 25.2 Å². The summed E-state index contributed by atoms with van der Waals surface area (Å²) in [5, 5.41) is 3.52. The summed E-state index contributed by atoms with van der Waals surface area (Å²) in [6.45, 7) is 9.80. The van der Waals surface area contributed by atoms with Crippen molar-refractivity contribution in [3.63, 3.8) is 0 Å². The summed E-state index contributed by atoms with van der Waals surface area (Å²) in [7, 11) is 0. The van der Waals surface area contributed by atoms with E-state index >= 15 is 0 Å². The Hall–Kier alpha value is -0.570. The molecule has 1 aliphatic heterocycles. The van der Waals surface area contributed by atoms with E-state index in [1.54, 1.807) is 0 Å². The van der Waals surface area contributed by atoms with E-state index in [0.717, 1.165) is 44.6 Å². The van der Waals surface area contributed by atoms with E-state index in [-0.39, 0.29) is 12.2 Å². The van der Waals surface area contributed by atoms with Crippen LogP contribution in [0.15, 0.2) is 0 Å². The number of rotatable bonds is 9. The molecule has 2 unspecified atom stereocenters. The number of nitrogens with one attached hydrogen (secondary N) is 1. The van der Waals surface area contributed by atoms with Crippen LogP contribution >= 0.6 is 0 Å². The first-order valence-electron chi connectivity index (χ1n) is 8.16. The maximum Gasteiger partial charge on any atom is 0.241 e. The highest BCUT2D eigenvalue weighted by atomic mass is 16.2. The van der Waals surface area contributed by atoms with Crippen LogP contribution in [0.5, 0.6) is 0 Å². The molecule has 19 heavy (non-hydrogen) atoms. The minimum atomic E-state index is 0.0756. The van der Waals surface area contributed by atoms with Crippen LogP contribution < -0.4 is 5.32 Å². The summed E-state index contributed by atoms with van der Waals surface area (Å²) in [4.78, 5) is 14.5. The Morgan fingerprint density at radius 3 is 2.42 bits per heavy atom. The third-order valence-electron chi connectivity index (χ3n) is 3.92. The van der Waals surface area contributed by atoms with E-state index < -0.39 is 0 Å². The fourth-order valence-electron chi connectivity index (χ4n) is 2.86. The minimum absolute atomic E-state index is 0.0756. The van der Waals surface area contributed by atoms with Crippen LogP contribution in [0, 0.1) is 5.92 Å². The zero-order valence-corrected chi connectivity index (χ0v) is 13.2. The average Bonchev–Trinajstić information content (AvgIpc) is 2.63. The maximum atomic E-state index is 12.4. The number of nitrogens with zero attached hydrogens (tertiary/aromatic N) is 1. The molecule has 0 aromatic heterocycles. The summed E-state index contributed by atoms with van der Waals surface area (Å²) < 4.78 is 0. The van der Waals surface area contributed by atoms with E-state index in [9.17, 15) is 4.79 Å². The predicted octanol–water partition coefficient (Wildman–Crippen LogP) is 3.54. The molecule has 112 valence electrons. The van der Waals surface area contributed by atoms with Gasteiger partial charge in [-0.25, -0.2) is 0 Å². The second-order valence-electron chi connectivity index (χ2n) is 6.23. The smallest absolute Gasteiger partial charge is 0.241 e. The Morgan fingerprint density at radius 1 is 1.16 bits per heavy atom. The first-order valence-corrected chi connectivity index (χ1v) is 8.16. The molecule has 1 heterocycles. The van der Waals surface area contributed by atoms with Crippen molar-refractivity contribution < 1.29 is 4.79 Å². The average molecular weight is 268 g/mol. The van der Waals surface area contributed by atoms with Crippen molar-refractivity contribution in [3.05, 3.63) is 0 Å². The Labute approximate surface area is 119 Å². The van der Waals surface area contributed by atoms with E-state index in [1.165, 1.54) is 12.8 Å². The van der Waals surface area contributed by atoms with Gasteiger partial charge in [0.15, 0.2) is 0 Å². The second kappa shape index (κ2) is 8.57. The molecule has 0 bridgehead atoms. The molecular formula is C16H32N2O. The highest BCUT2D eigenvalue weighted by molar-refractivity contribution is 5.84. The van der Waals surface area contributed by atoms with Gasteiger partial charge >= 0.3 is 0 Å². The minimum Gasteiger partial charge on any atom is -0.326 e. The normalized spacial score (nSPS) is 23.6. The largest absolute Gasteiger partial charge is 0.326 e. The third-order valence-corrected chi connectivity index (χ3v) is 3.92. The van der Waals surface area contributed by atoms with Crippen LogP contribution in [0.2, 0.25) is 0 Å². The van der Waals surface area contributed by atoms with Crippen LogP contribution in [0.1, 0.15) is 72.6 Å². The van der Waals surface area contributed by atoms with E-state index in [4.69, 9.17) is 0 Å². The third kappa shape index (κ3) is 5.13. The van der Waals surface area contributed by atoms with Crippen molar-refractivity contribution in [2.45, 2.75) is 84.8 Å². The number of hydrogen-bond acceptors (Lipinski definition) is 2. The van der Waals surface area contributed by atoms with Crippen LogP contribution in [-0.4, -0.2) is 29.6 Å². The van der Waals surface area contributed by atoms with Gasteiger partial charge in [0.05, 0.1) is 12.2 Å². The molecule has 1 aliphatic rings. The quantitative estimate of drug-likeness (QED) is 0.649. The lowest BCUT2D eigenvalue weighted by atomic mass is 10.1. The predicted molar refractivity (Wildman–Crippen MR) is 80.9 cm³/mol. The highest BCUT2D eigenvalue weighted by Crippen LogP contribution is 2.19. The van der Waals surface area contributed by atoms with Crippen molar-refractivity contribution in [2.24, 2.45) is 5.92 Å². The van der Waals surface area contributed by atoms with Crippen molar-refractivity contribution in [1.29, 1.82) is 0 Å². The summed E-state index contributed by atoms with van der Waals surface area (Å²) in [6.07, 6.45) is 8.19. The van der Waals surface area contributed by atoms with Crippen molar-refractivity contribution >= 4 is 5.91 Å². The number of carbonyl (C=O) groups is 1. The number of amides is 1. The van der Waals surface area contributed by atoms with Gasteiger partial charge in [0, 0.05) is 6.54 Å². The molecule has 2 atom stereocenters. The summed E-state index contributed by atoms with van der Waals surface area (Å²) in [5.74, 6) is 1.11. The lowest BCUT2D eigenvalue weighted by Crippen LogP contribution is -2.37. The van der Waals surface area contributed by atoms with Gasteiger partial charge < -0.3 is 4.90 Å². The highest BCUT2D eigenvalue weighted by Gasteiger charge is 2.36. The molecule has 3 heteroatoms. The van der Waals surface area contributed by atoms with Crippen LogP contribution in [-0.2, 0) is 4.79 Å². The van der Waals surface area contributed by atoms with E-state index in [2.05, 4.69) is 37.9 Å². The summed E-state index contributed by atoms with van der Waals surface area (Å²) >= 11 is 0. The van der Waals surface area contributed by atoms with Crippen molar-refractivity contribution in [3.8, 4) is 0 Å². The fourth-order valence-corrected chi connectivity index (χ4v) is 2.86. The van der Waals surface area contributed by atoms with Gasteiger partial charge in [-0.3, -0.25) is 10.1 Å². The van der Waals surface area contributed by atoms with E-state index in [0.29, 0.717) is 5.91 Å². The van der Waals surface area contributed by atoms with Crippen molar-refractivity contribution in [2.75, 3.05) is 6.54 Å². The monoisotopic (exact) mass is 268 g/mol. The Morgan fingerprint density at radius 2 is 1.84 bits per heavy atom. The lowest BCUT2D eigenvalue weighted by molar-refractivity contribution is -0.130. The molecule has 1 amide bonds. The molecule has 1 N–H and O–H groups in total. The zero-order valence-electron chi connectivity index (χ0n) is 13.2. The van der Waals surface area contributed by atoms with Gasteiger partial charge in [-0.15, -0.1) is 0 Å². The first-order chi connectivity index (χ1) is 9.10. The number of carbonyl (C=O) groups excluding carboxylic acids is 1. The molecule has 0 radical (unpaired) electrons. The van der Waals surface area contributed by atoms with Crippen molar-refractivity contribution in [1.82, 2.24) is 10.2 Å². The molecule has 0 saturated carbocycles. The molecule has 1 saturated heterocycles. The molecular weight excluding hydrogens is 236 g/mol. The number of unbranched alkanes of at least 4 members (excludes halogenated alkanes) is 1. The summed E-state index contributed by atoms with van der Waals surface area (Å²) in [6, 6.07) is 0.0756. The van der Waals surface area contributed by atoms with Gasteiger partial charge in [-0.2, -0.15) is 0 Å². The van der Waals surface area contributed by atoms with Gasteiger partial charge in [0.2, 0.25) is 5.91 Å². The standard InChI is InChI=1S/C16H32N2O/c1-5-9-14-16(19)18(15(17-14)10-6-2)12-8-7-11-13(3)4/h13-15,17H,5-12H2,1-4H3. The van der Waals surface area contributed by atoms with Crippen LogP contribution in [0.3, 0.4) is 0 Å². The van der Waals surface area contributed by atoms with E-state index in [1.807, 2.05) is 0 Å². The molecule has 3 nitrogen and oxygen atoms in total. The van der Waals surface area contributed by atoms with Gasteiger partial charge in [0.25, 0.3) is 0 Å². The molecule has 0 spiro atoms. The first kappa shape index (κ1) is 16.5. The van der Waals surface area contributed by atoms with Crippen LogP contribution in [0.4, 0.5) is 0 Å². The SMILES string of the molecule is CCCC1NC(CCC)N(CCCCC(C)C)C1=O. The molecule has 0 aromatic carbocycles. The number of hydrogen-bond donors (Lipinski definition) is 1. The second-order valence-corrected chi connectivity index (χ2v) is 6.23. The maximum absolute atomic E-state index is 12.4. The molecule has 0 aliphatic carbocycles. The fraction of sp³-hybridized carbons (Fsp3) is 0.938. The van der Waals surface area contributed by atoms with Crippen LogP contribution in [0.25, 0.3) is 0 Å². The lowest BCUT2D eigenvalue weighted by Gasteiger charge is -2.24. The Bertz CT molecular complexity index is 265. The Balaban J connectivity index is 2.44. The molecule has 0 aromatic rings. The van der Waals surface area contributed by atoms with Gasteiger partial charge in [0.1, 0.15) is 0 Å². The molecule has 1 fully saturated rings. The van der Waals surface area contributed by atoms with Gasteiger partial charge in [-0.1, -0.05) is 53.4 Å². The zero-order chi connectivity index (χ0) is 14.3. The topological polar surface area (TPSA) is 32.3 Å². The Kier molecular flexibility index (Phi) is 7.44.